The molecule has 1 N–H and O–H groups in total. The van der Waals surface area contributed by atoms with Crippen LogP contribution in [0.1, 0.15) is 20.3 Å². The number of amides is 2. The maximum absolute atomic E-state index is 12.7. The Balaban J connectivity index is 1.66. The molecule has 0 saturated carbocycles. The molecular formula is C22H27N3O3. The van der Waals surface area contributed by atoms with Crippen LogP contribution in [0.3, 0.4) is 0 Å². The van der Waals surface area contributed by atoms with E-state index in [2.05, 4.69) is 24.1 Å². The number of nitrogens with one attached hydrogen (secondary N) is 1. The molecule has 6 nitrogen and oxygen atoms in total. The molecule has 6 heteroatoms. The third kappa shape index (κ3) is 4.11. The van der Waals surface area contributed by atoms with E-state index in [1.807, 2.05) is 48.5 Å². The molecule has 28 heavy (non-hydrogen) atoms. The van der Waals surface area contributed by atoms with Crippen LogP contribution in [0.2, 0.25) is 0 Å². The first-order chi connectivity index (χ1) is 13.6. The topological polar surface area (TPSA) is 61.9 Å². The lowest BCUT2D eigenvalue weighted by atomic mass is 10.1. The van der Waals surface area contributed by atoms with E-state index in [-0.39, 0.29) is 24.2 Å². The van der Waals surface area contributed by atoms with Gasteiger partial charge in [0.1, 0.15) is 5.75 Å². The van der Waals surface area contributed by atoms with E-state index in [0.717, 1.165) is 24.5 Å². The number of para-hydroxylation sites is 2. The predicted octanol–water partition coefficient (Wildman–Crippen LogP) is 3.53. The number of ether oxygens (including phenoxy) is 1. The summed E-state index contributed by atoms with van der Waals surface area (Å²) in [6.45, 7) is 6.45. The molecule has 3 rings (SSSR count). The number of methoxy groups -OCH3 is 1. The van der Waals surface area contributed by atoms with Crippen molar-refractivity contribution < 1.29 is 14.3 Å². The molecule has 0 radical (unpaired) electrons. The Hall–Kier alpha value is -3.02. The fourth-order valence-electron chi connectivity index (χ4n) is 3.56. The van der Waals surface area contributed by atoms with E-state index in [4.69, 9.17) is 4.74 Å². The highest BCUT2D eigenvalue weighted by molar-refractivity contribution is 6.04. The molecule has 2 aromatic rings. The summed E-state index contributed by atoms with van der Waals surface area (Å²) in [5.41, 5.74) is 2.57. The SMILES string of the molecule is CCN(CC)c1ccc(NC(=O)[C@H]2CC(=O)N(c3ccccc3OC)C2)cc1. The van der Waals surface area contributed by atoms with E-state index in [9.17, 15) is 9.59 Å². The van der Waals surface area contributed by atoms with Crippen LogP contribution in [0.15, 0.2) is 48.5 Å². The van der Waals surface area contributed by atoms with Gasteiger partial charge >= 0.3 is 0 Å². The number of anilines is 3. The molecular weight excluding hydrogens is 354 g/mol. The fourth-order valence-corrected chi connectivity index (χ4v) is 3.56. The monoisotopic (exact) mass is 381 g/mol. The second kappa shape index (κ2) is 8.78. The Morgan fingerprint density at radius 1 is 1.14 bits per heavy atom. The van der Waals surface area contributed by atoms with Gasteiger partial charge in [0.25, 0.3) is 0 Å². The van der Waals surface area contributed by atoms with Gasteiger partial charge in [-0.2, -0.15) is 0 Å². The molecule has 148 valence electrons. The van der Waals surface area contributed by atoms with Crippen molar-refractivity contribution >= 4 is 28.9 Å². The Morgan fingerprint density at radius 2 is 1.82 bits per heavy atom. The van der Waals surface area contributed by atoms with Crippen LogP contribution >= 0.6 is 0 Å². The van der Waals surface area contributed by atoms with Gasteiger partial charge in [-0.25, -0.2) is 0 Å². The van der Waals surface area contributed by atoms with Gasteiger partial charge in [-0.05, 0) is 50.2 Å². The van der Waals surface area contributed by atoms with Gasteiger partial charge in [0.2, 0.25) is 11.8 Å². The zero-order valence-corrected chi connectivity index (χ0v) is 16.6. The first kappa shape index (κ1) is 19.7. The lowest BCUT2D eigenvalue weighted by Gasteiger charge is -2.21. The summed E-state index contributed by atoms with van der Waals surface area (Å²) in [4.78, 5) is 29.0. The summed E-state index contributed by atoms with van der Waals surface area (Å²) in [6.07, 6.45) is 0.196. The molecule has 1 fully saturated rings. The van der Waals surface area contributed by atoms with Crippen molar-refractivity contribution in [2.24, 2.45) is 5.92 Å². The first-order valence-electron chi connectivity index (χ1n) is 9.66. The lowest BCUT2D eigenvalue weighted by Crippen LogP contribution is -2.28. The molecule has 2 aromatic carbocycles. The average Bonchev–Trinajstić information content (AvgIpc) is 3.11. The number of benzene rings is 2. The highest BCUT2D eigenvalue weighted by atomic mass is 16.5. The van der Waals surface area contributed by atoms with Crippen LogP contribution in [0, 0.1) is 5.92 Å². The summed E-state index contributed by atoms with van der Waals surface area (Å²) >= 11 is 0. The van der Waals surface area contributed by atoms with Crippen molar-refractivity contribution in [2.75, 3.05) is 41.9 Å². The quantitative estimate of drug-likeness (QED) is 0.797. The predicted molar refractivity (Wildman–Crippen MR) is 112 cm³/mol. The van der Waals surface area contributed by atoms with Gasteiger partial charge in [0.05, 0.1) is 18.7 Å². The van der Waals surface area contributed by atoms with Crippen LogP contribution in [0.4, 0.5) is 17.1 Å². The normalized spacial score (nSPS) is 16.2. The molecule has 1 aliphatic heterocycles. The van der Waals surface area contributed by atoms with Crippen molar-refractivity contribution in [2.45, 2.75) is 20.3 Å². The van der Waals surface area contributed by atoms with E-state index in [1.54, 1.807) is 12.0 Å². The van der Waals surface area contributed by atoms with Crippen LogP contribution in [0.5, 0.6) is 5.75 Å². The van der Waals surface area contributed by atoms with E-state index < -0.39 is 0 Å². The smallest absolute Gasteiger partial charge is 0.229 e. The number of hydrogen-bond acceptors (Lipinski definition) is 4. The molecule has 1 aliphatic rings. The Bertz CT molecular complexity index is 831. The summed E-state index contributed by atoms with van der Waals surface area (Å²) in [7, 11) is 1.57. The number of carbonyl (C=O) groups is 2. The molecule has 0 aromatic heterocycles. The molecule has 1 heterocycles. The Morgan fingerprint density at radius 3 is 2.46 bits per heavy atom. The maximum atomic E-state index is 12.7. The minimum atomic E-state index is -0.389. The van der Waals surface area contributed by atoms with Crippen LogP contribution in [-0.4, -0.2) is 38.6 Å². The molecule has 0 spiro atoms. The van der Waals surface area contributed by atoms with E-state index in [1.165, 1.54) is 0 Å². The van der Waals surface area contributed by atoms with Crippen molar-refractivity contribution in [1.29, 1.82) is 0 Å². The largest absolute Gasteiger partial charge is 0.495 e. The molecule has 0 unspecified atom stereocenters. The van der Waals surface area contributed by atoms with Crippen molar-refractivity contribution in [3.05, 3.63) is 48.5 Å². The van der Waals surface area contributed by atoms with Gasteiger partial charge in [0, 0.05) is 37.4 Å². The van der Waals surface area contributed by atoms with Crippen molar-refractivity contribution in [3.8, 4) is 5.75 Å². The first-order valence-corrected chi connectivity index (χ1v) is 9.66. The minimum absolute atomic E-state index is 0.0680. The third-order valence-electron chi connectivity index (χ3n) is 5.14. The summed E-state index contributed by atoms with van der Waals surface area (Å²) in [5, 5.41) is 2.94. The molecule has 0 aliphatic carbocycles. The molecule has 2 amide bonds. The summed E-state index contributed by atoms with van der Waals surface area (Å²) in [6, 6.07) is 15.2. The standard InChI is InChI=1S/C22H27N3O3/c1-4-24(5-2)18-12-10-17(11-13-18)23-22(27)16-14-21(26)25(15-16)19-8-6-7-9-20(19)28-3/h6-13,16H,4-5,14-15H2,1-3H3,(H,23,27)/t16-/m0/s1. The van der Waals surface area contributed by atoms with Crippen molar-refractivity contribution in [3.63, 3.8) is 0 Å². The number of hydrogen-bond donors (Lipinski definition) is 1. The fraction of sp³-hybridized carbons (Fsp3) is 0.364. The van der Waals surface area contributed by atoms with E-state index >= 15 is 0 Å². The zero-order chi connectivity index (χ0) is 20.1. The lowest BCUT2D eigenvalue weighted by molar-refractivity contribution is -0.122. The van der Waals surface area contributed by atoms with Crippen LogP contribution in [-0.2, 0) is 9.59 Å². The van der Waals surface area contributed by atoms with Gasteiger partial charge in [-0.1, -0.05) is 12.1 Å². The number of nitrogens with zero attached hydrogens (tertiary/aromatic N) is 2. The molecule has 1 saturated heterocycles. The minimum Gasteiger partial charge on any atom is -0.495 e. The second-order valence-corrected chi connectivity index (χ2v) is 6.79. The van der Waals surface area contributed by atoms with Crippen LogP contribution in [0.25, 0.3) is 0 Å². The van der Waals surface area contributed by atoms with Gasteiger partial charge < -0.3 is 19.9 Å². The summed E-state index contributed by atoms with van der Waals surface area (Å²) in [5.74, 6) is 0.0339. The summed E-state index contributed by atoms with van der Waals surface area (Å²) < 4.78 is 5.35. The highest BCUT2D eigenvalue weighted by Crippen LogP contribution is 2.33. The Kier molecular flexibility index (Phi) is 6.19. The molecule has 0 bridgehead atoms. The second-order valence-electron chi connectivity index (χ2n) is 6.79. The Labute approximate surface area is 166 Å². The van der Waals surface area contributed by atoms with Crippen LogP contribution < -0.4 is 19.9 Å². The number of rotatable bonds is 7. The van der Waals surface area contributed by atoms with Gasteiger partial charge in [-0.15, -0.1) is 0 Å². The molecule has 1 atom stereocenters. The average molecular weight is 381 g/mol. The van der Waals surface area contributed by atoms with Gasteiger partial charge in [0.15, 0.2) is 0 Å². The zero-order valence-electron chi connectivity index (χ0n) is 16.6. The number of carbonyl (C=O) groups excluding carboxylic acids is 2. The third-order valence-corrected chi connectivity index (χ3v) is 5.14. The van der Waals surface area contributed by atoms with E-state index in [0.29, 0.717) is 18.0 Å². The maximum Gasteiger partial charge on any atom is 0.229 e. The van der Waals surface area contributed by atoms with Gasteiger partial charge in [-0.3, -0.25) is 9.59 Å². The van der Waals surface area contributed by atoms with Crippen molar-refractivity contribution in [1.82, 2.24) is 0 Å². The highest BCUT2D eigenvalue weighted by Gasteiger charge is 2.36.